The first kappa shape index (κ1) is 10.4. The smallest absolute Gasteiger partial charge is 0.145 e. The molecule has 1 aliphatic heterocycles. The Kier molecular flexibility index (Phi) is 2.65. The van der Waals surface area contributed by atoms with Gasteiger partial charge >= 0.3 is 0 Å². The number of hydrogen-bond acceptors (Lipinski definition) is 2. The van der Waals surface area contributed by atoms with Crippen molar-refractivity contribution in [3.8, 4) is 5.75 Å². The summed E-state index contributed by atoms with van der Waals surface area (Å²) in [5.41, 5.74) is 0.675. The van der Waals surface area contributed by atoms with E-state index in [4.69, 9.17) is 16.3 Å². The lowest BCUT2D eigenvalue weighted by Crippen LogP contribution is -2.23. The van der Waals surface area contributed by atoms with Crippen LogP contribution in [0.3, 0.4) is 0 Å². The van der Waals surface area contributed by atoms with Crippen LogP contribution in [-0.4, -0.2) is 12.4 Å². The number of carbonyl (C=O) groups excluding carboxylic acids is 1. The molecule has 80 valence electrons. The van der Waals surface area contributed by atoms with Gasteiger partial charge in [0.1, 0.15) is 17.9 Å². The van der Waals surface area contributed by atoms with Crippen LogP contribution in [0.5, 0.6) is 5.75 Å². The number of aldehydes is 1. The maximum absolute atomic E-state index is 13.2. The zero-order valence-electron chi connectivity index (χ0n) is 8.17. The van der Waals surface area contributed by atoms with Gasteiger partial charge in [-0.15, -0.1) is 0 Å². The molecule has 2 rings (SSSR count). The molecule has 4 heteroatoms. The molecule has 2 unspecified atom stereocenters. The van der Waals surface area contributed by atoms with Gasteiger partial charge in [0.15, 0.2) is 0 Å². The van der Waals surface area contributed by atoms with Crippen LogP contribution in [0.4, 0.5) is 4.39 Å². The fourth-order valence-electron chi connectivity index (χ4n) is 1.81. The molecule has 0 fully saturated rings. The van der Waals surface area contributed by atoms with E-state index in [1.807, 2.05) is 6.92 Å². The molecule has 0 spiro atoms. The predicted molar refractivity (Wildman–Crippen MR) is 54.9 cm³/mol. The Balaban J connectivity index is 2.51. The van der Waals surface area contributed by atoms with Crippen molar-refractivity contribution in [3.63, 3.8) is 0 Å². The van der Waals surface area contributed by atoms with Gasteiger partial charge in [-0.25, -0.2) is 4.39 Å². The van der Waals surface area contributed by atoms with Crippen molar-refractivity contribution in [1.82, 2.24) is 0 Å². The Bertz CT molecular complexity index is 406. The molecular formula is C11H10ClFO2. The summed E-state index contributed by atoms with van der Waals surface area (Å²) in [7, 11) is 0. The van der Waals surface area contributed by atoms with Crippen LogP contribution in [0.1, 0.15) is 24.8 Å². The van der Waals surface area contributed by atoms with Gasteiger partial charge in [-0.1, -0.05) is 11.6 Å². The van der Waals surface area contributed by atoms with Gasteiger partial charge in [-0.2, -0.15) is 0 Å². The SMILES string of the molecule is CC1CC(C=O)c2cc(Cl)c(F)cc2O1. The fourth-order valence-corrected chi connectivity index (χ4v) is 1.99. The Morgan fingerprint density at radius 1 is 1.60 bits per heavy atom. The molecule has 0 saturated carbocycles. The van der Waals surface area contributed by atoms with E-state index in [2.05, 4.69) is 0 Å². The summed E-state index contributed by atoms with van der Waals surface area (Å²) in [5, 5.41) is 0.0266. The molecule has 15 heavy (non-hydrogen) atoms. The third kappa shape index (κ3) is 1.84. The molecule has 1 aliphatic rings. The van der Waals surface area contributed by atoms with Gasteiger partial charge in [0.05, 0.1) is 11.1 Å². The highest BCUT2D eigenvalue weighted by Gasteiger charge is 2.26. The van der Waals surface area contributed by atoms with E-state index in [0.717, 1.165) is 6.29 Å². The van der Waals surface area contributed by atoms with Gasteiger partial charge in [0, 0.05) is 17.5 Å². The fraction of sp³-hybridized carbons (Fsp3) is 0.364. The number of hydrogen-bond donors (Lipinski definition) is 0. The molecule has 0 N–H and O–H groups in total. The van der Waals surface area contributed by atoms with Crippen molar-refractivity contribution < 1.29 is 13.9 Å². The summed E-state index contributed by atoms with van der Waals surface area (Å²) in [4.78, 5) is 10.9. The molecule has 0 aromatic heterocycles. The van der Waals surface area contributed by atoms with E-state index < -0.39 is 5.82 Å². The average Bonchev–Trinajstić information content (AvgIpc) is 2.19. The Hall–Kier alpha value is -1.09. The summed E-state index contributed by atoms with van der Waals surface area (Å²) in [6.45, 7) is 1.85. The second-order valence-corrected chi connectivity index (χ2v) is 4.12. The van der Waals surface area contributed by atoms with E-state index in [1.165, 1.54) is 12.1 Å². The maximum atomic E-state index is 13.2. The molecular weight excluding hydrogens is 219 g/mol. The second-order valence-electron chi connectivity index (χ2n) is 3.71. The molecule has 0 aliphatic carbocycles. The highest BCUT2D eigenvalue weighted by Crippen LogP contribution is 2.37. The second kappa shape index (κ2) is 3.81. The Morgan fingerprint density at radius 3 is 3.00 bits per heavy atom. The van der Waals surface area contributed by atoms with Gasteiger partial charge in [0.2, 0.25) is 0 Å². The topological polar surface area (TPSA) is 26.3 Å². The highest BCUT2D eigenvalue weighted by atomic mass is 35.5. The van der Waals surface area contributed by atoms with Gasteiger partial charge in [0.25, 0.3) is 0 Å². The van der Waals surface area contributed by atoms with Crippen LogP contribution in [0.2, 0.25) is 5.02 Å². The number of ether oxygens (including phenoxy) is 1. The van der Waals surface area contributed by atoms with Crippen molar-refractivity contribution in [1.29, 1.82) is 0 Å². The first-order chi connectivity index (χ1) is 7.11. The molecule has 2 atom stereocenters. The predicted octanol–water partition coefficient (Wildman–Crippen LogP) is 2.93. The van der Waals surface area contributed by atoms with E-state index in [1.54, 1.807) is 0 Å². The van der Waals surface area contributed by atoms with Crippen molar-refractivity contribution in [2.45, 2.75) is 25.4 Å². The Labute approximate surface area is 92.0 Å². The maximum Gasteiger partial charge on any atom is 0.145 e. The molecule has 2 nitrogen and oxygen atoms in total. The quantitative estimate of drug-likeness (QED) is 0.691. The summed E-state index contributed by atoms with van der Waals surface area (Å²) in [6, 6.07) is 2.71. The van der Waals surface area contributed by atoms with E-state index >= 15 is 0 Å². The highest BCUT2D eigenvalue weighted by molar-refractivity contribution is 6.30. The van der Waals surface area contributed by atoms with E-state index in [0.29, 0.717) is 17.7 Å². The summed E-state index contributed by atoms with van der Waals surface area (Å²) >= 11 is 5.66. The third-order valence-corrected chi connectivity index (χ3v) is 2.82. The Morgan fingerprint density at radius 2 is 2.33 bits per heavy atom. The summed E-state index contributed by atoms with van der Waals surface area (Å²) in [6.07, 6.45) is 1.39. The first-order valence-electron chi connectivity index (χ1n) is 4.72. The molecule has 0 amide bonds. The van der Waals surface area contributed by atoms with Gasteiger partial charge in [-0.3, -0.25) is 0 Å². The molecule has 1 aromatic rings. The molecule has 0 radical (unpaired) electrons. The van der Waals surface area contributed by atoms with Crippen molar-refractivity contribution in [2.75, 3.05) is 0 Å². The molecule has 0 bridgehead atoms. The third-order valence-electron chi connectivity index (χ3n) is 2.53. The first-order valence-corrected chi connectivity index (χ1v) is 5.10. The van der Waals surface area contributed by atoms with Gasteiger partial charge in [-0.05, 0) is 19.4 Å². The minimum atomic E-state index is -0.519. The minimum Gasteiger partial charge on any atom is -0.490 e. The normalized spacial score (nSPS) is 24.2. The monoisotopic (exact) mass is 228 g/mol. The van der Waals surface area contributed by atoms with Crippen LogP contribution in [0, 0.1) is 5.82 Å². The zero-order chi connectivity index (χ0) is 11.0. The number of rotatable bonds is 1. The average molecular weight is 229 g/mol. The number of benzene rings is 1. The van der Waals surface area contributed by atoms with Crippen LogP contribution in [0.25, 0.3) is 0 Å². The van der Waals surface area contributed by atoms with Crippen molar-refractivity contribution in [3.05, 3.63) is 28.5 Å². The van der Waals surface area contributed by atoms with E-state index in [-0.39, 0.29) is 17.0 Å². The number of fused-ring (bicyclic) bond motifs is 1. The molecule has 0 saturated heterocycles. The number of carbonyl (C=O) groups is 1. The lowest BCUT2D eigenvalue weighted by Gasteiger charge is -2.27. The minimum absolute atomic E-state index is 0.0266. The molecule has 1 aromatic carbocycles. The summed E-state index contributed by atoms with van der Waals surface area (Å²) < 4.78 is 18.6. The zero-order valence-corrected chi connectivity index (χ0v) is 8.92. The lowest BCUT2D eigenvalue weighted by molar-refractivity contribution is -0.110. The van der Waals surface area contributed by atoms with Crippen LogP contribution >= 0.6 is 11.6 Å². The van der Waals surface area contributed by atoms with Crippen molar-refractivity contribution >= 4 is 17.9 Å². The van der Waals surface area contributed by atoms with Gasteiger partial charge < -0.3 is 9.53 Å². The number of halogens is 2. The standard InChI is InChI=1S/C11H10ClFO2/c1-6-2-7(5-14)8-3-9(12)10(13)4-11(8)15-6/h3-7H,2H2,1H3. The van der Waals surface area contributed by atoms with Crippen LogP contribution < -0.4 is 4.74 Å². The lowest BCUT2D eigenvalue weighted by atomic mass is 9.91. The van der Waals surface area contributed by atoms with Crippen LogP contribution in [-0.2, 0) is 4.79 Å². The summed E-state index contributed by atoms with van der Waals surface area (Å²) in [5.74, 6) is -0.344. The van der Waals surface area contributed by atoms with Crippen LogP contribution in [0.15, 0.2) is 12.1 Å². The van der Waals surface area contributed by atoms with Crippen molar-refractivity contribution in [2.24, 2.45) is 0 Å². The largest absolute Gasteiger partial charge is 0.490 e. The van der Waals surface area contributed by atoms with E-state index in [9.17, 15) is 9.18 Å². The molecule has 1 heterocycles.